The lowest BCUT2D eigenvalue weighted by atomic mass is 10.0. The summed E-state index contributed by atoms with van der Waals surface area (Å²) in [7, 11) is 0. The van der Waals surface area contributed by atoms with E-state index in [1.807, 2.05) is 18.2 Å². The number of nitrogens with zero attached hydrogens (tertiary/aromatic N) is 6. The average molecular weight is 463 g/mol. The van der Waals surface area contributed by atoms with Gasteiger partial charge in [-0.1, -0.05) is 58.6 Å². The van der Waals surface area contributed by atoms with Crippen molar-refractivity contribution in [3.05, 3.63) is 68.8 Å². The lowest BCUT2D eigenvalue weighted by Gasteiger charge is -2.39. The number of nitrogens with one attached hydrogen (secondary N) is 1. The molecule has 0 aliphatic carbocycles. The SMILES string of the molecule is [N-]=[N+]=NC[C@H](C(=O)Nc1ccc(Cl)nc1Cl)N(N)C1CCN(Cc2ccccc2)CC1. The number of hydrogen-bond acceptors (Lipinski definition) is 6. The number of amides is 1. The number of carbonyl (C=O) groups is 1. The van der Waals surface area contributed by atoms with E-state index in [0.717, 1.165) is 32.5 Å². The molecule has 9 nitrogen and oxygen atoms in total. The van der Waals surface area contributed by atoms with Crippen molar-refractivity contribution in [2.45, 2.75) is 31.5 Å². The van der Waals surface area contributed by atoms with Gasteiger partial charge in [-0.05, 0) is 36.1 Å². The molecule has 1 amide bonds. The van der Waals surface area contributed by atoms with Gasteiger partial charge in [0, 0.05) is 30.6 Å². The van der Waals surface area contributed by atoms with E-state index in [9.17, 15) is 4.79 Å². The van der Waals surface area contributed by atoms with Crippen LogP contribution >= 0.6 is 23.2 Å². The minimum atomic E-state index is -0.840. The molecular weight excluding hydrogens is 439 g/mol. The average Bonchev–Trinajstić information content (AvgIpc) is 2.77. The fourth-order valence-electron chi connectivity index (χ4n) is 3.62. The van der Waals surface area contributed by atoms with Crippen LogP contribution in [0.15, 0.2) is 47.6 Å². The molecule has 3 rings (SSSR count). The summed E-state index contributed by atoms with van der Waals surface area (Å²) in [6, 6.07) is 12.5. The van der Waals surface area contributed by atoms with Gasteiger partial charge in [0.05, 0.1) is 12.2 Å². The quantitative estimate of drug-likeness (QED) is 0.154. The van der Waals surface area contributed by atoms with Crippen LogP contribution in [0.25, 0.3) is 10.4 Å². The van der Waals surface area contributed by atoms with Crippen molar-refractivity contribution in [3.8, 4) is 0 Å². The van der Waals surface area contributed by atoms with Gasteiger partial charge < -0.3 is 5.32 Å². The Morgan fingerprint density at radius 2 is 2.00 bits per heavy atom. The highest BCUT2D eigenvalue weighted by atomic mass is 35.5. The number of rotatable bonds is 8. The number of pyridine rings is 1. The molecule has 1 fully saturated rings. The summed E-state index contributed by atoms with van der Waals surface area (Å²) in [5.74, 6) is 5.93. The highest BCUT2D eigenvalue weighted by Crippen LogP contribution is 2.23. The maximum atomic E-state index is 12.9. The predicted octanol–water partition coefficient (Wildman–Crippen LogP) is 3.85. The van der Waals surface area contributed by atoms with Crippen LogP contribution in [-0.4, -0.2) is 52.5 Å². The first kappa shape index (κ1) is 23.3. The van der Waals surface area contributed by atoms with Crippen molar-refractivity contribution in [2.24, 2.45) is 11.0 Å². The van der Waals surface area contributed by atoms with Crippen LogP contribution in [0.1, 0.15) is 18.4 Å². The second-order valence-corrected chi connectivity index (χ2v) is 8.08. The number of halogens is 2. The summed E-state index contributed by atoms with van der Waals surface area (Å²) in [6.45, 7) is 2.50. The van der Waals surface area contributed by atoms with E-state index < -0.39 is 11.9 Å². The fourth-order valence-corrected chi connectivity index (χ4v) is 4.01. The molecule has 31 heavy (non-hydrogen) atoms. The molecule has 1 atom stereocenters. The summed E-state index contributed by atoms with van der Waals surface area (Å²) in [5, 5.41) is 8.07. The van der Waals surface area contributed by atoms with Crippen LogP contribution in [0.2, 0.25) is 10.3 Å². The van der Waals surface area contributed by atoms with E-state index in [0.29, 0.717) is 5.69 Å². The number of azide groups is 1. The number of piperidine rings is 1. The third kappa shape index (κ3) is 6.54. The minimum absolute atomic E-state index is 0.0181. The molecule has 0 spiro atoms. The van der Waals surface area contributed by atoms with Gasteiger partial charge >= 0.3 is 0 Å². The summed E-state index contributed by atoms with van der Waals surface area (Å²) >= 11 is 11.9. The van der Waals surface area contributed by atoms with E-state index in [2.05, 4.69) is 37.4 Å². The Bertz CT molecular complexity index is 930. The van der Waals surface area contributed by atoms with E-state index in [1.165, 1.54) is 16.6 Å². The maximum Gasteiger partial charge on any atom is 0.243 e. The summed E-state index contributed by atoms with van der Waals surface area (Å²) < 4.78 is 0. The Morgan fingerprint density at radius 1 is 1.29 bits per heavy atom. The van der Waals surface area contributed by atoms with Crippen molar-refractivity contribution in [1.29, 1.82) is 0 Å². The van der Waals surface area contributed by atoms with Gasteiger partial charge in [-0.25, -0.2) is 9.99 Å². The monoisotopic (exact) mass is 462 g/mol. The first-order chi connectivity index (χ1) is 15.0. The third-order valence-electron chi connectivity index (χ3n) is 5.28. The zero-order chi connectivity index (χ0) is 22.2. The first-order valence-electron chi connectivity index (χ1n) is 9.91. The van der Waals surface area contributed by atoms with Crippen molar-refractivity contribution < 1.29 is 4.79 Å². The second-order valence-electron chi connectivity index (χ2n) is 7.33. The van der Waals surface area contributed by atoms with Crippen LogP contribution in [0, 0.1) is 0 Å². The highest BCUT2D eigenvalue weighted by Gasteiger charge is 2.31. The molecule has 1 aliphatic heterocycles. The van der Waals surface area contributed by atoms with Crippen LogP contribution in [0.5, 0.6) is 0 Å². The van der Waals surface area contributed by atoms with Crippen LogP contribution in [0.3, 0.4) is 0 Å². The van der Waals surface area contributed by atoms with Crippen LogP contribution in [-0.2, 0) is 11.3 Å². The van der Waals surface area contributed by atoms with Crippen molar-refractivity contribution in [2.75, 3.05) is 25.0 Å². The molecule has 1 aromatic heterocycles. The Labute approximate surface area is 190 Å². The Hall–Kier alpha value is -2.39. The summed E-state index contributed by atoms with van der Waals surface area (Å²) in [4.78, 5) is 22.0. The number of aromatic nitrogens is 1. The lowest BCUT2D eigenvalue weighted by molar-refractivity contribution is -0.122. The smallest absolute Gasteiger partial charge is 0.243 e. The molecule has 11 heteroatoms. The maximum absolute atomic E-state index is 12.9. The molecule has 3 N–H and O–H groups in total. The number of benzene rings is 1. The van der Waals surface area contributed by atoms with Crippen molar-refractivity contribution >= 4 is 34.8 Å². The van der Waals surface area contributed by atoms with Gasteiger partial charge in [-0.3, -0.25) is 15.5 Å². The van der Waals surface area contributed by atoms with Gasteiger partial charge in [-0.2, -0.15) is 0 Å². The predicted molar refractivity (Wildman–Crippen MR) is 121 cm³/mol. The highest BCUT2D eigenvalue weighted by molar-refractivity contribution is 6.34. The van der Waals surface area contributed by atoms with E-state index in [1.54, 1.807) is 6.07 Å². The molecule has 164 valence electrons. The van der Waals surface area contributed by atoms with E-state index >= 15 is 0 Å². The van der Waals surface area contributed by atoms with E-state index in [-0.39, 0.29) is 22.9 Å². The van der Waals surface area contributed by atoms with Crippen LogP contribution < -0.4 is 11.2 Å². The van der Waals surface area contributed by atoms with Gasteiger partial charge in [0.25, 0.3) is 0 Å². The Kier molecular flexibility index (Phi) is 8.48. The van der Waals surface area contributed by atoms with Gasteiger partial charge in [0.1, 0.15) is 11.2 Å². The molecule has 1 saturated heterocycles. The van der Waals surface area contributed by atoms with Crippen molar-refractivity contribution in [3.63, 3.8) is 0 Å². The largest absolute Gasteiger partial charge is 0.322 e. The summed E-state index contributed by atoms with van der Waals surface area (Å²) in [6.07, 6.45) is 1.60. The molecule has 1 aliphatic rings. The standard InChI is InChI=1S/C20H24Cl2N8O/c21-18-7-6-16(19(22)27-18)26-20(31)17(12-25-28-23)30(24)15-8-10-29(11-9-15)13-14-4-2-1-3-5-14/h1-7,15,17H,8-13,24H2,(H,26,31)/t17-/m1/s1. The summed E-state index contributed by atoms with van der Waals surface area (Å²) in [5.41, 5.74) is 10.3. The Morgan fingerprint density at radius 3 is 2.65 bits per heavy atom. The number of anilines is 1. The third-order valence-corrected chi connectivity index (χ3v) is 5.78. The number of carbonyl (C=O) groups excluding carboxylic acids is 1. The topological polar surface area (TPSA) is 123 Å². The number of hydrazine groups is 1. The molecule has 0 saturated carbocycles. The minimum Gasteiger partial charge on any atom is -0.322 e. The molecule has 1 aromatic carbocycles. The zero-order valence-corrected chi connectivity index (χ0v) is 18.4. The molecule has 2 aromatic rings. The zero-order valence-electron chi connectivity index (χ0n) is 16.9. The molecule has 2 heterocycles. The van der Waals surface area contributed by atoms with Crippen molar-refractivity contribution in [1.82, 2.24) is 14.9 Å². The van der Waals surface area contributed by atoms with Crippen LogP contribution in [0.4, 0.5) is 5.69 Å². The van der Waals surface area contributed by atoms with E-state index in [4.69, 9.17) is 34.6 Å². The van der Waals surface area contributed by atoms with Gasteiger partial charge in [-0.15, -0.1) is 0 Å². The molecule has 0 unspecified atom stereocenters. The molecule has 0 bridgehead atoms. The lowest BCUT2D eigenvalue weighted by Crippen LogP contribution is -2.57. The fraction of sp³-hybridized carbons (Fsp3) is 0.400. The van der Waals surface area contributed by atoms with Gasteiger partial charge in [0.15, 0.2) is 5.15 Å². The second kappa shape index (κ2) is 11.3. The number of nitrogens with two attached hydrogens (primary N) is 1. The number of likely N-dealkylation sites (tertiary alicyclic amines) is 1. The first-order valence-corrected chi connectivity index (χ1v) is 10.7. The Balaban J connectivity index is 1.62. The molecule has 0 radical (unpaired) electrons. The molecular formula is C20H24Cl2N8O. The normalized spacial score (nSPS) is 16.0. The van der Waals surface area contributed by atoms with Gasteiger partial charge in [0.2, 0.25) is 5.91 Å². The number of hydrogen-bond donors (Lipinski definition) is 2.